The van der Waals surface area contributed by atoms with Crippen molar-refractivity contribution in [1.82, 2.24) is 15.0 Å². The molecule has 0 aliphatic heterocycles. The number of hydrogen-bond donors (Lipinski definition) is 1. The van der Waals surface area contributed by atoms with Gasteiger partial charge in [0.05, 0.1) is 10.5 Å². The van der Waals surface area contributed by atoms with E-state index in [1.807, 2.05) is 6.07 Å². The minimum Gasteiger partial charge on any atom is -0.368 e. The molecule has 0 fully saturated rings. The maximum atomic E-state index is 10.8. The number of nitrogen functional groups attached to an aromatic ring is 1. The Labute approximate surface area is 131 Å². The van der Waals surface area contributed by atoms with E-state index in [9.17, 15) is 15.4 Å². The zero-order valence-electron chi connectivity index (χ0n) is 12.5. The highest BCUT2D eigenvalue weighted by molar-refractivity contribution is 5.87. The van der Waals surface area contributed by atoms with Gasteiger partial charge in [0.2, 0.25) is 11.9 Å². The number of non-ortho nitro benzene ring substituents is 1. The largest absolute Gasteiger partial charge is 0.368 e. The Morgan fingerprint density at radius 3 is 2.74 bits per heavy atom. The lowest BCUT2D eigenvalue weighted by molar-refractivity contribution is -0.384. The summed E-state index contributed by atoms with van der Waals surface area (Å²) < 4.78 is 0. The predicted molar refractivity (Wildman–Crippen MR) is 85.1 cm³/mol. The number of nitrogens with two attached hydrogens (primary N) is 1. The van der Waals surface area contributed by atoms with E-state index in [0.29, 0.717) is 11.5 Å². The van der Waals surface area contributed by atoms with Crippen molar-refractivity contribution in [3.63, 3.8) is 0 Å². The third kappa shape index (κ3) is 3.76. The number of anilines is 2. The van der Waals surface area contributed by atoms with Crippen molar-refractivity contribution in [3.05, 3.63) is 45.8 Å². The second-order valence-electron chi connectivity index (χ2n) is 4.73. The standard InChI is InChI=1S/C14H13N7O2/c1-20(2)14-18-12(17-13(16)19-14)10(8-15)6-9-4-3-5-11(7-9)21(22)23/h3-7H,1-2H3,(H2,16,17,18,19)/b10-6+. The van der Waals surface area contributed by atoms with Gasteiger partial charge in [-0.25, -0.2) is 0 Å². The average molecular weight is 311 g/mol. The van der Waals surface area contributed by atoms with Crippen LogP contribution < -0.4 is 10.6 Å². The molecule has 0 saturated carbocycles. The summed E-state index contributed by atoms with van der Waals surface area (Å²) in [6.07, 6.45) is 1.46. The molecule has 0 amide bonds. The lowest BCUT2D eigenvalue weighted by Gasteiger charge is -2.10. The third-order valence-electron chi connectivity index (χ3n) is 2.79. The third-order valence-corrected chi connectivity index (χ3v) is 2.79. The van der Waals surface area contributed by atoms with E-state index in [4.69, 9.17) is 5.73 Å². The first-order valence-electron chi connectivity index (χ1n) is 6.46. The number of nitro benzene ring substituents is 1. The summed E-state index contributed by atoms with van der Waals surface area (Å²) in [5.41, 5.74) is 6.18. The van der Waals surface area contributed by atoms with Crippen molar-refractivity contribution in [2.75, 3.05) is 24.7 Å². The topological polar surface area (TPSA) is 135 Å². The number of allylic oxidation sites excluding steroid dienone is 1. The van der Waals surface area contributed by atoms with E-state index < -0.39 is 4.92 Å². The van der Waals surface area contributed by atoms with E-state index in [-0.39, 0.29) is 23.0 Å². The fraction of sp³-hybridized carbons (Fsp3) is 0.143. The predicted octanol–water partition coefficient (Wildman–Crippen LogP) is 1.49. The van der Waals surface area contributed by atoms with Gasteiger partial charge >= 0.3 is 0 Å². The highest BCUT2D eigenvalue weighted by Gasteiger charge is 2.12. The Kier molecular flexibility index (Phi) is 4.47. The van der Waals surface area contributed by atoms with Gasteiger partial charge in [-0.05, 0) is 11.6 Å². The molecule has 23 heavy (non-hydrogen) atoms. The van der Waals surface area contributed by atoms with Gasteiger partial charge in [0.1, 0.15) is 6.07 Å². The average Bonchev–Trinajstić information content (AvgIpc) is 2.52. The minimum absolute atomic E-state index is 0.0149. The van der Waals surface area contributed by atoms with Gasteiger partial charge in [-0.1, -0.05) is 12.1 Å². The molecule has 2 N–H and O–H groups in total. The first kappa shape index (κ1) is 15.8. The van der Waals surface area contributed by atoms with Gasteiger partial charge in [-0.15, -0.1) is 0 Å². The van der Waals surface area contributed by atoms with E-state index in [2.05, 4.69) is 15.0 Å². The molecule has 9 nitrogen and oxygen atoms in total. The van der Waals surface area contributed by atoms with Crippen molar-refractivity contribution in [3.8, 4) is 6.07 Å². The molecular weight excluding hydrogens is 298 g/mol. The molecule has 116 valence electrons. The van der Waals surface area contributed by atoms with Gasteiger partial charge in [-0.3, -0.25) is 10.1 Å². The molecule has 0 aliphatic rings. The number of nitriles is 1. The molecule has 0 spiro atoms. The van der Waals surface area contributed by atoms with Crippen LogP contribution in [0.15, 0.2) is 24.3 Å². The van der Waals surface area contributed by atoms with Crippen LogP contribution in [0.5, 0.6) is 0 Å². The minimum atomic E-state index is -0.505. The number of rotatable bonds is 4. The molecule has 0 radical (unpaired) electrons. The van der Waals surface area contributed by atoms with Crippen LogP contribution in [0.1, 0.15) is 11.4 Å². The summed E-state index contributed by atoms with van der Waals surface area (Å²) in [6, 6.07) is 7.87. The molecule has 0 bridgehead atoms. The fourth-order valence-electron chi connectivity index (χ4n) is 1.74. The summed E-state index contributed by atoms with van der Waals surface area (Å²) >= 11 is 0. The molecule has 0 atom stereocenters. The van der Waals surface area contributed by atoms with Crippen LogP contribution in [0.25, 0.3) is 11.6 Å². The molecule has 0 aliphatic carbocycles. The maximum Gasteiger partial charge on any atom is 0.270 e. The van der Waals surface area contributed by atoms with Crippen LogP contribution in [0.4, 0.5) is 17.6 Å². The fourth-order valence-corrected chi connectivity index (χ4v) is 1.74. The summed E-state index contributed by atoms with van der Waals surface area (Å²) in [5, 5.41) is 20.1. The van der Waals surface area contributed by atoms with Crippen molar-refractivity contribution < 1.29 is 4.92 Å². The highest BCUT2D eigenvalue weighted by atomic mass is 16.6. The monoisotopic (exact) mass is 311 g/mol. The van der Waals surface area contributed by atoms with E-state index in [1.54, 1.807) is 25.1 Å². The van der Waals surface area contributed by atoms with E-state index in [1.165, 1.54) is 24.3 Å². The summed E-state index contributed by atoms with van der Waals surface area (Å²) in [7, 11) is 3.46. The lowest BCUT2D eigenvalue weighted by Crippen LogP contribution is -2.15. The Bertz CT molecular complexity index is 824. The molecule has 0 saturated heterocycles. The van der Waals surface area contributed by atoms with Gasteiger partial charge in [0, 0.05) is 26.2 Å². The van der Waals surface area contributed by atoms with Gasteiger partial charge in [0.25, 0.3) is 5.69 Å². The normalized spacial score (nSPS) is 10.9. The molecule has 9 heteroatoms. The second-order valence-corrected chi connectivity index (χ2v) is 4.73. The maximum absolute atomic E-state index is 10.8. The van der Waals surface area contributed by atoms with Crippen LogP contribution >= 0.6 is 0 Å². The van der Waals surface area contributed by atoms with E-state index >= 15 is 0 Å². The molecule has 1 heterocycles. The second kappa shape index (κ2) is 6.48. The van der Waals surface area contributed by atoms with Crippen molar-refractivity contribution in [2.45, 2.75) is 0 Å². The molecular formula is C14H13N7O2. The lowest BCUT2D eigenvalue weighted by atomic mass is 10.1. The van der Waals surface area contributed by atoms with Crippen LogP contribution in [0.3, 0.4) is 0 Å². The SMILES string of the molecule is CN(C)c1nc(N)nc(/C(C#N)=C/c2cccc([N+](=O)[O-])c2)n1. The zero-order valence-corrected chi connectivity index (χ0v) is 12.5. The number of aromatic nitrogens is 3. The quantitative estimate of drug-likeness (QED) is 0.509. The number of nitro groups is 1. The molecule has 2 aromatic rings. The van der Waals surface area contributed by atoms with E-state index in [0.717, 1.165) is 0 Å². The van der Waals surface area contributed by atoms with Crippen LogP contribution in [-0.4, -0.2) is 34.0 Å². The molecule has 1 aromatic carbocycles. The summed E-state index contributed by atoms with van der Waals surface area (Å²) in [4.78, 5) is 24.0. The number of benzene rings is 1. The molecule has 0 unspecified atom stereocenters. The zero-order chi connectivity index (χ0) is 17.0. The number of hydrogen-bond acceptors (Lipinski definition) is 8. The van der Waals surface area contributed by atoms with Crippen molar-refractivity contribution in [2.24, 2.45) is 0 Å². The van der Waals surface area contributed by atoms with Crippen molar-refractivity contribution >= 4 is 29.2 Å². The van der Waals surface area contributed by atoms with Crippen LogP contribution in [0.2, 0.25) is 0 Å². The van der Waals surface area contributed by atoms with Gasteiger partial charge < -0.3 is 10.6 Å². The summed E-state index contributed by atoms with van der Waals surface area (Å²) in [6.45, 7) is 0. The Balaban J connectivity index is 2.50. The summed E-state index contributed by atoms with van der Waals surface area (Å²) in [5.74, 6) is 0.404. The molecule has 2 rings (SSSR count). The first-order valence-corrected chi connectivity index (χ1v) is 6.46. The van der Waals surface area contributed by atoms with Crippen molar-refractivity contribution in [1.29, 1.82) is 5.26 Å². The smallest absolute Gasteiger partial charge is 0.270 e. The number of nitrogens with zero attached hydrogens (tertiary/aromatic N) is 6. The Morgan fingerprint density at radius 2 is 2.13 bits per heavy atom. The van der Waals surface area contributed by atoms with Crippen LogP contribution in [-0.2, 0) is 0 Å². The Morgan fingerprint density at radius 1 is 1.39 bits per heavy atom. The van der Waals surface area contributed by atoms with Gasteiger partial charge in [0.15, 0.2) is 5.82 Å². The molecule has 1 aromatic heterocycles. The van der Waals surface area contributed by atoms with Crippen LogP contribution in [0, 0.1) is 21.4 Å². The van der Waals surface area contributed by atoms with Gasteiger partial charge in [-0.2, -0.15) is 20.2 Å². The Hall–Kier alpha value is -3.54. The highest BCUT2D eigenvalue weighted by Crippen LogP contribution is 2.20. The first-order chi connectivity index (χ1) is 10.9.